The van der Waals surface area contributed by atoms with Gasteiger partial charge in [-0.1, -0.05) is 11.6 Å². The fraction of sp³-hybridized carbons (Fsp3) is 0.250. The topological polar surface area (TPSA) is 49.0 Å². The van der Waals surface area contributed by atoms with Gasteiger partial charge in [0.2, 0.25) is 0 Å². The van der Waals surface area contributed by atoms with Gasteiger partial charge in [-0.3, -0.25) is 9.69 Å². The third-order valence-corrected chi connectivity index (χ3v) is 4.76. The molecule has 0 aliphatic rings. The van der Waals surface area contributed by atoms with E-state index in [4.69, 9.17) is 11.6 Å². The van der Waals surface area contributed by atoms with Crippen molar-refractivity contribution in [1.82, 2.24) is 14.9 Å². The number of nitrogens with one attached hydrogen (secondary N) is 1. The molecule has 3 aromatic rings. The molecule has 1 aromatic carbocycles. The van der Waals surface area contributed by atoms with Gasteiger partial charge >= 0.3 is 0 Å². The normalized spacial score (nSPS) is 11.5. The van der Waals surface area contributed by atoms with Gasteiger partial charge in [-0.15, -0.1) is 11.3 Å². The lowest BCUT2D eigenvalue weighted by Gasteiger charge is -2.15. The lowest BCUT2D eigenvalue weighted by atomic mass is 10.2. The van der Waals surface area contributed by atoms with Crippen molar-refractivity contribution in [3.63, 3.8) is 0 Å². The molecule has 0 amide bonds. The molecule has 6 heteroatoms. The summed E-state index contributed by atoms with van der Waals surface area (Å²) in [7, 11) is 2.02. The summed E-state index contributed by atoms with van der Waals surface area (Å²) in [4.78, 5) is 22.9. The van der Waals surface area contributed by atoms with Crippen LogP contribution in [0.15, 0.2) is 34.4 Å². The second kappa shape index (κ2) is 6.20. The molecule has 0 aliphatic heterocycles. The van der Waals surface area contributed by atoms with Crippen molar-refractivity contribution < 1.29 is 0 Å². The summed E-state index contributed by atoms with van der Waals surface area (Å²) in [5, 5.41) is 3.24. The van der Waals surface area contributed by atoms with Crippen molar-refractivity contribution in [2.75, 3.05) is 7.05 Å². The fourth-order valence-corrected chi connectivity index (χ4v) is 3.51. The van der Waals surface area contributed by atoms with Crippen LogP contribution in [0.4, 0.5) is 0 Å². The smallest absolute Gasteiger partial charge is 0.258 e. The lowest BCUT2D eigenvalue weighted by molar-refractivity contribution is 0.313. The quantitative estimate of drug-likeness (QED) is 0.794. The zero-order valence-corrected chi connectivity index (χ0v) is 14.0. The number of aromatic nitrogens is 2. The maximum Gasteiger partial charge on any atom is 0.258 e. The summed E-state index contributed by atoms with van der Waals surface area (Å²) in [6.07, 6.45) is 0. The summed E-state index contributed by atoms with van der Waals surface area (Å²) >= 11 is 7.72. The van der Waals surface area contributed by atoms with Crippen molar-refractivity contribution in [3.05, 3.63) is 61.3 Å². The molecule has 22 heavy (non-hydrogen) atoms. The minimum absolute atomic E-state index is 0.127. The Bertz CT molecular complexity index is 871. The van der Waals surface area contributed by atoms with E-state index in [0.717, 1.165) is 6.54 Å². The van der Waals surface area contributed by atoms with Gasteiger partial charge in [0.05, 0.1) is 17.4 Å². The van der Waals surface area contributed by atoms with Gasteiger partial charge in [0.1, 0.15) is 5.82 Å². The standard InChI is InChI=1S/C16H16ClN3OS/c1-10-5-6-22-14(10)8-20(2)9-15-18-13-7-11(17)3-4-12(13)16(21)19-15/h3-7H,8-9H2,1-2H3,(H,18,19,21). The maximum atomic E-state index is 12.1. The molecule has 4 nitrogen and oxygen atoms in total. The van der Waals surface area contributed by atoms with E-state index >= 15 is 0 Å². The minimum atomic E-state index is -0.127. The number of hydrogen-bond donors (Lipinski definition) is 1. The predicted molar refractivity (Wildman–Crippen MR) is 91.6 cm³/mol. The number of aryl methyl sites for hydroxylation is 1. The van der Waals surface area contributed by atoms with E-state index in [1.165, 1.54) is 10.4 Å². The molecule has 0 saturated heterocycles. The summed E-state index contributed by atoms with van der Waals surface area (Å²) in [5.41, 5.74) is 1.80. The van der Waals surface area contributed by atoms with Gasteiger partial charge < -0.3 is 4.98 Å². The van der Waals surface area contributed by atoms with Gasteiger partial charge in [0.15, 0.2) is 0 Å². The first-order chi connectivity index (χ1) is 10.5. The Morgan fingerprint density at radius 3 is 2.86 bits per heavy atom. The Morgan fingerprint density at radius 2 is 2.14 bits per heavy atom. The number of halogens is 1. The summed E-state index contributed by atoms with van der Waals surface area (Å²) in [6.45, 7) is 3.52. The molecule has 0 atom stereocenters. The van der Waals surface area contributed by atoms with E-state index in [-0.39, 0.29) is 5.56 Å². The van der Waals surface area contributed by atoms with Gasteiger partial charge in [-0.05, 0) is 49.2 Å². The van der Waals surface area contributed by atoms with E-state index in [1.807, 2.05) is 7.05 Å². The van der Waals surface area contributed by atoms with Crippen LogP contribution in [0, 0.1) is 6.92 Å². The highest BCUT2D eigenvalue weighted by molar-refractivity contribution is 7.10. The third-order valence-electron chi connectivity index (χ3n) is 3.52. The largest absolute Gasteiger partial charge is 0.309 e. The highest BCUT2D eigenvalue weighted by Gasteiger charge is 2.09. The molecule has 0 spiro atoms. The van der Waals surface area contributed by atoms with Crippen molar-refractivity contribution in [1.29, 1.82) is 0 Å². The Balaban J connectivity index is 1.84. The van der Waals surface area contributed by atoms with Gasteiger partial charge in [-0.25, -0.2) is 4.98 Å². The van der Waals surface area contributed by atoms with Gasteiger partial charge in [0, 0.05) is 16.4 Å². The van der Waals surface area contributed by atoms with Crippen molar-refractivity contribution in [2.24, 2.45) is 0 Å². The van der Waals surface area contributed by atoms with Crippen LogP contribution in [0.2, 0.25) is 5.02 Å². The number of rotatable bonds is 4. The molecule has 2 aromatic heterocycles. The Morgan fingerprint density at radius 1 is 1.32 bits per heavy atom. The lowest BCUT2D eigenvalue weighted by Crippen LogP contribution is -2.21. The molecule has 0 fully saturated rings. The van der Waals surface area contributed by atoms with E-state index in [1.54, 1.807) is 29.5 Å². The number of H-pyrrole nitrogens is 1. The van der Waals surface area contributed by atoms with Crippen LogP contribution < -0.4 is 5.56 Å². The first-order valence-electron chi connectivity index (χ1n) is 6.93. The Labute approximate surface area is 137 Å². The van der Waals surface area contributed by atoms with Crippen molar-refractivity contribution in [3.8, 4) is 0 Å². The second-order valence-corrected chi connectivity index (χ2v) is 6.81. The van der Waals surface area contributed by atoms with Crippen LogP contribution in [-0.4, -0.2) is 21.9 Å². The van der Waals surface area contributed by atoms with Crippen LogP contribution in [0.5, 0.6) is 0 Å². The summed E-state index contributed by atoms with van der Waals surface area (Å²) < 4.78 is 0. The first-order valence-corrected chi connectivity index (χ1v) is 8.18. The first kappa shape index (κ1) is 15.2. The average Bonchev–Trinajstić information content (AvgIpc) is 2.83. The zero-order valence-electron chi connectivity index (χ0n) is 12.4. The molecule has 1 N–H and O–H groups in total. The molecule has 0 aliphatic carbocycles. The number of nitrogens with zero attached hydrogens (tertiary/aromatic N) is 2. The minimum Gasteiger partial charge on any atom is -0.309 e. The maximum absolute atomic E-state index is 12.1. The van der Waals surface area contributed by atoms with Crippen LogP contribution in [0.3, 0.4) is 0 Å². The SMILES string of the molecule is Cc1ccsc1CN(C)Cc1nc2cc(Cl)ccc2c(=O)[nH]1. The molecule has 2 heterocycles. The Hall–Kier alpha value is -1.69. The Kier molecular flexibility index (Phi) is 4.29. The van der Waals surface area contributed by atoms with Crippen LogP contribution >= 0.6 is 22.9 Å². The van der Waals surface area contributed by atoms with E-state index < -0.39 is 0 Å². The molecular weight excluding hydrogens is 318 g/mol. The number of hydrogen-bond acceptors (Lipinski definition) is 4. The second-order valence-electron chi connectivity index (χ2n) is 5.37. The molecule has 0 radical (unpaired) electrons. The van der Waals surface area contributed by atoms with Gasteiger partial charge in [0.25, 0.3) is 5.56 Å². The predicted octanol–water partition coefficient (Wildman–Crippen LogP) is 3.58. The van der Waals surface area contributed by atoms with E-state index in [0.29, 0.717) is 28.3 Å². The van der Waals surface area contributed by atoms with Crippen molar-refractivity contribution >= 4 is 33.8 Å². The fourth-order valence-electron chi connectivity index (χ4n) is 2.36. The van der Waals surface area contributed by atoms with Crippen molar-refractivity contribution in [2.45, 2.75) is 20.0 Å². The molecule has 114 valence electrons. The highest BCUT2D eigenvalue weighted by atomic mass is 35.5. The van der Waals surface area contributed by atoms with E-state index in [2.05, 4.69) is 33.2 Å². The zero-order chi connectivity index (χ0) is 15.7. The van der Waals surface area contributed by atoms with Crippen LogP contribution in [-0.2, 0) is 13.1 Å². The van der Waals surface area contributed by atoms with Crippen LogP contribution in [0.1, 0.15) is 16.3 Å². The number of aromatic amines is 1. The number of benzene rings is 1. The number of fused-ring (bicyclic) bond motifs is 1. The molecular formula is C16H16ClN3OS. The molecule has 0 bridgehead atoms. The summed E-state index contributed by atoms with van der Waals surface area (Å²) in [6, 6.07) is 7.24. The van der Waals surface area contributed by atoms with Crippen LogP contribution in [0.25, 0.3) is 10.9 Å². The molecule has 0 unspecified atom stereocenters. The monoisotopic (exact) mass is 333 g/mol. The highest BCUT2D eigenvalue weighted by Crippen LogP contribution is 2.18. The average molecular weight is 334 g/mol. The number of thiophene rings is 1. The van der Waals surface area contributed by atoms with Gasteiger partial charge in [-0.2, -0.15) is 0 Å². The third kappa shape index (κ3) is 3.21. The van der Waals surface area contributed by atoms with E-state index in [9.17, 15) is 4.79 Å². The molecule has 0 saturated carbocycles. The summed E-state index contributed by atoms with van der Waals surface area (Å²) in [5.74, 6) is 0.650. The molecule has 3 rings (SSSR count).